The Morgan fingerprint density at radius 1 is 1.12 bits per heavy atom. The minimum atomic E-state index is 0.341. The molecular weight excluding hydrogens is 388 g/mol. The molecule has 0 spiro atoms. The highest BCUT2D eigenvalue weighted by Crippen LogP contribution is 2.38. The highest BCUT2D eigenvalue weighted by atomic mass is 79.9. The maximum absolute atomic E-state index is 5.70. The van der Waals surface area contributed by atoms with Gasteiger partial charge in [0.05, 0.1) is 7.11 Å². The normalized spacial score (nSPS) is 17.3. The lowest BCUT2D eigenvalue weighted by Gasteiger charge is -2.38. The van der Waals surface area contributed by atoms with E-state index in [1.807, 2.05) is 0 Å². The van der Waals surface area contributed by atoms with Gasteiger partial charge in [0.25, 0.3) is 0 Å². The number of hydrogen-bond acceptors (Lipinski definition) is 3. The molecule has 0 saturated heterocycles. The van der Waals surface area contributed by atoms with E-state index in [9.17, 15) is 0 Å². The second kappa shape index (κ2) is 9.03. The van der Waals surface area contributed by atoms with Gasteiger partial charge >= 0.3 is 0 Å². The third-order valence-electron chi connectivity index (χ3n) is 5.49. The average Bonchev–Trinajstić information content (AvgIpc) is 2.68. The van der Waals surface area contributed by atoms with Gasteiger partial charge in [0.2, 0.25) is 0 Å². The summed E-state index contributed by atoms with van der Waals surface area (Å²) in [5.41, 5.74) is 4.19. The Hall–Kier alpha value is -1.36. The topological polar surface area (TPSA) is 15.7 Å². The predicted octanol–water partition coefficient (Wildman–Crippen LogP) is 4.90. The molecule has 0 N–H and O–H groups in total. The first-order valence-corrected chi connectivity index (χ1v) is 10.3. The fourth-order valence-corrected chi connectivity index (χ4v) is 4.27. The van der Waals surface area contributed by atoms with Crippen molar-refractivity contribution in [3.05, 3.63) is 63.6 Å². The monoisotopic (exact) mass is 416 g/mol. The summed E-state index contributed by atoms with van der Waals surface area (Å²) < 4.78 is 6.81. The smallest absolute Gasteiger partial charge is 0.123 e. The Kier molecular flexibility index (Phi) is 6.74. The fourth-order valence-electron chi connectivity index (χ4n) is 3.89. The number of hydrogen-bond donors (Lipinski definition) is 0. The molecular formula is C22H29BrN2O. The summed E-state index contributed by atoms with van der Waals surface area (Å²) in [5.74, 6) is 0.977. The van der Waals surface area contributed by atoms with Crippen molar-refractivity contribution in [1.29, 1.82) is 0 Å². The molecule has 1 unspecified atom stereocenters. The molecule has 0 saturated carbocycles. The molecule has 0 aromatic heterocycles. The number of ether oxygens (including phenoxy) is 1. The summed E-state index contributed by atoms with van der Waals surface area (Å²) in [6, 6.07) is 15.5. The van der Waals surface area contributed by atoms with Crippen molar-refractivity contribution >= 4 is 15.9 Å². The van der Waals surface area contributed by atoms with E-state index >= 15 is 0 Å². The Morgan fingerprint density at radius 2 is 1.85 bits per heavy atom. The van der Waals surface area contributed by atoms with Crippen molar-refractivity contribution in [3.63, 3.8) is 0 Å². The molecule has 140 valence electrons. The van der Waals surface area contributed by atoms with Crippen LogP contribution >= 0.6 is 15.9 Å². The van der Waals surface area contributed by atoms with Gasteiger partial charge in [-0.05, 0) is 48.8 Å². The van der Waals surface area contributed by atoms with Gasteiger partial charge in [-0.15, -0.1) is 0 Å². The number of benzene rings is 2. The zero-order valence-corrected chi connectivity index (χ0v) is 17.6. The van der Waals surface area contributed by atoms with Crippen LogP contribution in [0.1, 0.15) is 36.6 Å². The van der Waals surface area contributed by atoms with Crippen LogP contribution in [0.2, 0.25) is 0 Å². The number of likely N-dealkylation sites (N-methyl/N-ethyl adjacent to an activating group) is 1. The standard InChI is InChI=1S/C22H29BrN2O/c1-4-24(5-2)12-13-25-16-18-9-7-6-8-17(18)14-21(25)20-15-19(23)10-11-22(20)26-3/h6-11,15,21H,4-5,12-14,16H2,1-3H3. The van der Waals surface area contributed by atoms with Gasteiger partial charge < -0.3 is 9.64 Å². The van der Waals surface area contributed by atoms with Crippen LogP contribution < -0.4 is 4.74 Å². The van der Waals surface area contributed by atoms with Crippen molar-refractivity contribution in [1.82, 2.24) is 9.80 Å². The maximum Gasteiger partial charge on any atom is 0.123 e. The second-order valence-corrected chi connectivity index (χ2v) is 7.79. The lowest BCUT2D eigenvalue weighted by Crippen LogP contribution is -2.40. The van der Waals surface area contributed by atoms with Crippen molar-refractivity contribution in [2.24, 2.45) is 0 Å². The first kappa shape index (κ1) is 19.4. The summed E-state index contributed by atoms with van der Waals surface area (Å²) in [6.07, 6.45) is 1.03. The molecule has 4 heteroatoms. The molecule has 3 nitrogen and oxygen atoms in total. The van der Waals surface area contributed by atoms with Gasteiger partial charge in [-0.3, -0.25) is 4.90 Å². The van der Waals surface area contributed by atoms with E-state index < -0.39 is 0 Å². The molecule has 1 aliphatic rings. The van der Waals surface area contributed by atoms with Gasteiger partial charge in [0, 0.05) is 35.7 Å². The number of rotatable bonds is 7. The molecule has 3 rings (SSSR count). The molecule has 1 atom stereocenters. The molecule has 26 heavy (non-hydrogen) atoms. The summed E-state index contributed by atoms with van der Waals surface area (Å²) in [6.45, 7) is 9.85. The van der Waals surface area contributed by atoms with E-state index in [4.69, 9.17) is 4.74 Å². The van der Waals surface area contributed by atoms with Crippen LogP contribution in [-0.2, 0) is 13.0 Å². The fraction of sp³-hybridized carbons (Fsp3) is 0.455. The van der Waals surface area contributed by atoms with Crippen molar-refractivity contribution in [2.45, 2.75) is 32.9 Å². The molecule has 1 heterocycles. The number of nitrogens with zero attached hydrogens (tertiary/aromatic N) is 2. The lowest BCUT2D eigenvalue weighted by atomic mass is 9.89. The van der Waals surface area contributed by atoms with Crippen molar-refractivity contribution in [3.8, 4) is 5.75 Å². The molecule has 2 aromatic rings. The molecule has 0 fully saturated rings. The first-order valence-electron chi connectivity index (χ1n) is 9.52. The zero-order chi connectivity index (χ0) is 18.5. The quantitative estimate of drug-likeness (QED) is 0.638. The number of fused-ring (bicyclic) bond motifs is 1. The largest absolute Gasteiger partial charge is 0.496 e. The minimum absolute atomic E-state index is 0.341. The molecule has 2 aromatic carbocycles. The Bertz CT molecular complexity index is 730. The van der Waals surface area contributed by atoms with Crippen molar-refractivity contribution in [2.75, 3.05) is 33.3 Å². The van der Waals surface area contributed by atoms with E-state index in [2.05, 4.69) is 82.0 Å². The molecule has 0 aliphatic carbocycles. The second-order valence-electron chi connectivity index (χ2n) is 6.87. The lowest BCUT2D eigenvalue weighted by molar-refractivity contribution is 0.143. The average molecular weight is 417 g/mol. The third kappa shape index (κ3) is 4.30. The molecule has 1 aliphatic heterocycles. The molecule has 0 bridgehead atoms. The highest BCUT2D eigenvalue weighted by Gasteiger charge is 2.29. The summed E-state index contributed by atoms with van der Waals surface area (Å²) >= 11 is 3.65. The third-order valence-corrected chi connectivity index (χ3v) is 5.99. The van der Waals surface area contributed by atoms with Crippen LogP contribution in [0.25, 0.3) is 0 Å². The molecule has 0 radical (unpaired) electrons. The van der Waals surface area contributed by atoms with Gasteiger partial charge in [0.15, 0.2) is 0 Å². The van der Waals surface area contributed by atoms with Crippen LogP contribution in [0.15, 0.2) is 46.9 Å². The Labute approximate surface area is 166 Å². The van der Waals surface area contributed by atoms with Crippen LogP contribution in [-0.4, -0.2) is 43.1 Å². The molecule has 0 amide bonds. The van der Waals surface area contributed by atoms with E-state index in [-0.39, 0.29) is 0 Å². The van der Waals surface area contributed by atoms with Crippen LogP contribution in [0, 0.1) is 0 Å². The highest BCUT2D eigenvalue weighted by molar-refractivity contribution is 9.10. The Balaban J connectivity index is 1.92. The summed E-state index contributed by atoms with van der Waals surface area (Å²) in [4.78, 5) is 5.11. The summed E-state index contributed by atoms with van der Waals surface area (Å²) in [5, 5.41) is 0. The van der Waals surface area contributed by atoms with E-state index in [0.717, 1.165) is 49.4 Å². The van der Waals surface area contributed by atoms with E-state index in [0.29, 0.717) is 6.04 Å². The van der Waals surface area contributed by atoms with Gasteiger partial charge in [-0.25, -0.2) is 0 Å². The van der Waals surface area contributed by atoms with Crippen LogP contribution in [0.3, 0.4) is 0 Å². The predicted molar refractivity (Wildman–Crippen MR) is 112 cm³/mol. The SMILES string of the molecule is CCN(CC)CCN1Cc2ccccc2CC1c1cc(Br)ccc1OC. The van der Waals surface area contributed by atoms with E-state index in [1.165, 1.54) is 16.7 Å². The van der Waals surface area contributed by atoms with E-state index in [1.54, 1.807) is 7.11 Å². The number of methoxy groups -OCH3 is 1. The van der Waals surface area contributed by atoms with Gasteiger partial charge in [0.1, 0.15) is 5.75 Å². The van der Waals surface area contributed by atoms with Crippen LogP contribution in [0.4, 0.5) is 0 Å². The summed E-state index contributed by atoms with van der Waals surface area (Å²) in [7, 11) is 1.77. The Morgan fingerprint density at radius 3 is 2.54 bits per heavy atom. The zero-order valence-electron chi connectivity index (χ0n) is 16.0. The van der Waals surface area contributed by atoms with Gasteiger partial charge in [-0.1, -0.05) is 54.0 Å². The van der Waals surface area contributed by atoms with Gasteiger partial charge in [-0.2, -0.15) is 0 Å². The first-order chi connectivity index (χ1) is 12.7. The van der Waals surface area contributed by atoms with Crippen molar-refractivity contribution < 1.29 is 4.74 Å². The minimum Gasteiger partial charge on any atom is -0.496 e. The van der Waals surface area contributed by atoms with Crippen LogP contribution in [0.5, 0.6) is 5.75 Å². The number of halogens is 1. The maximum atomic E-state index is 5.70.